The fourth-order valence-corrected chi connectivity index (χ4v) is 3.82. The van der Waals surface area contributed by atoms with Crippen molar-refractivity contribution < 1.29 is 17.6 Å². The van der Waals surface area contributed by atoms with Crippen LogP contribution in [0.3, 0.4) is 0 Å². The number of benzene rings is 2. The number of nitrogens with one attached hydrogen (secondary N) is 2. The van der Waals surface area contributed by atoms with Crippen molar-refractivity contribution in [3.05, 3.63) is 65.5 Å². The molecule has 0 bridgehead atoms. The van der Waals surface area contributed by atoms with Gasteiger partial charge in [0.1, 0.15) is 5.82 Å². The van der Waals surface area contributed by atoms with Gasteiger partial charge in [0.2, 0.25) is 15.9 Å². The topological polar surface area (TPSA) is 75.3 Å². The second-order valence-electron chi connectivity index (χ2n) is 7.23. The zero-order valence-corrected chi connectivity index (χ0v) is 17.2. The zero-order chi connectivity index (χ0) is 20.7. The Kier molecular flexibility index (Phi) is 7.71. The van der Waals surface area contributed by atoms with Gasteiger partial charge in [-0.1, -0.05) is 38.1 Å². The lowest BCUT2D eigenvalue weighted by atomic mass is 10.1. The number of carbonyl (C=O) groups excluding carboxylic acids is 1. The van der Waals surface area contributed by atoms with Crippen molar-refractivity contribution in [3.63, 3.8) is 0 Å². The number of aryl methyl sites for hydroxylation is 1. The zero-order valence-electron chi connectivity index (χ0n) is 16.4. The molecule has 1 unspecified atom stereocenters. The van der Waals surface area contributed by atoms with Gasteiger partial charge in [0.15, 0.2) is 0 Å². The highest BCUT2D eigenvalue weighted by atomic mass is 32.2. The van der Waals surface area contributed by atoms with E-state index >= 15 is 0 Å². The highest BCUT2D eigenvalue weighted by Crippen LogP contribution is 2.15. The van der Waals surface area contributed by atoms with E-state index in [-0.39, 0.29) is 35.0 Å². The fraction of sp³-hybridized carbons (Fsp3) is 0.381. The average Bonchev–Trinajstić information content (AvgIpc) is 2.65. The van der Waals surface area contributed by atoms with Crippen LogP contribution >= 0.6 is 0 Å². The van der Waals surface area contributed by atoms with Crippen LogP contribution in [0.15, 0.2) is 53.4 Å². The van der Waals surface area contributed by atoms with Gasteiger partial charge in [0.25, 0.3) is 0 Å². The summed E-state index contributed by atoms with van der Waals surface area (Å²) < 4.78 is 39.9. The van der Waals surface area contributed by atoms with Crippen molar-refractivity contribution >= 4 is 15.9 Å². The quantitative estimate of drug-likeness (QED) is 0.668. The van der Waals surface area contributed by atoms with Crippen molar-refractivity contribution in [1.29, 1.82) is 0 Å². The molecule has 28 heavy (non-hydrogen) atoms. The van der Waals surface area contributed by atoms with Gasteiger partial charge >= 0.3 is 0 Å². The SMILES string of the molecule is CC(C)CNS(=O)(=O)c1ccc(CCC(=O)NC(C)c2ccc(F)cc2)cc1. The third-order valence-electron chi connectivity index (χ3n) is 4.30. The van der Waals surface area contributed by atoms with E-state index in [1.54, 1.807) is 36.4 Å². The number of hydrogen-bond donors (Lipinski definition) is 2. The summed E-state index contributed by atoms with van der Waals surface area (Å²) in [4.78, 5) is 12.4. The number of rotatable bonds is 9. The van der Waals surface area contributed by atoms with Gasteiger partial charge in [-0.3, -0.25) is 4.79 Å². The van der Waals surface area contributed by atoms with Crippen molar-refractivity contribution in [3.8, 4) is 0 Å². The molecule has 7 heteroatoms. The molecule has 0 aliphatic heterocycles. The lowest BCUT2D eigenvalue weighted by Crippen LogP contribution is -2.27. The Hall–Kier alpha value is -2.25. The van der Waals surface area contributed by atoms with Gasteiger partial charge in [-0.25, -0.2) is 17.5 Å². The molecule has 2 aromatic carbocycles. The van der Waals surface area contributed by atoms with E-state index < -0.39 is 10.0 Å². The van der Waals surface area contributed by atoms with Crippen LogP contribution < -0.4 is 10.0 Å². The number of hydrogen-bond acceptors (Lipinski definition) is 3. The van der Waals surface area contributed by atoms with E-state index in [1.165, 1.54) is 12.1 Å². The highest BCUT2D eigenvalue weighted by Gasteiger charge is 2.14. The lowest BCUT2D eigenvalue weighted by Gasteiger charge is -2.14. The van der Waals surface area contributed by atoms with Crippen LogP contribution in [0.2, 0.25) is 0 Å². The molecule has 2 N–H and O–H groups in total. The standard InChI is InChI=1S/C21H27FN2O3S/c1-15(2)14-23-28(26,27)20-11-4-17(5-12-20)6-13-21(25)24-16(3)18-7-9-19(22)10-8-18/h4-5,7-12,15-16,23H,6,13-14H2,1-3H3,(H,24,25). The Morgan fingerprint density at radius 2 is 1.61 bits per heavy atom. The molecule has 2 aromatic rings. The van der Waals surface area contributed by atoms with E-state index in [9.17, 15) is 17.6 Å². The maximum atomic E-state index is 13.0. The molecular weight excluding hydrogens is 379 g/mol. The Bertz CT molecular complexity index is 879. The van der Waals surface area contributed by atoms with E-state index in [2.05, 4.69) is 10.0 Å². The molecule has 2 rings (SSSR count). The predicted molar refractivity (Wildman–Crippen MR) is 108 cm³/mol. The minimum absolute atomic E-state index is 0.118. The molecule has 5 nitrogen and oxygen atoms in total. The Morgan fingerprint density at radius 3 is 2.18 bits per heavy atom. The molecule has 0 aliphatic carbocycles. The molecule has 0 fully saturated rings. The summed E-state index contributed by atoms with van der Waals surface area (Å²) in [6, 6.07) is 12.4. The molecule has 152 valence electrons. The highest BCUT2D eigenvalue weighted by molar-refractivity contribution is 7.89. The van der Waals surface area contributed by atoms with E-state index in [1.807, 2.05) is 20.8 Å². The number of amides is 1. The first-order chi connectivity index (χ1) is 13.2. The largest absolute Gasteiger partial charge is 0.350 e. The first-order valence-corrected chi connectivity index (χ1v) is 10.8. The fourth-order valence-electron chi connectivity index (χ4n) is 2.60. The molecule has 1 atom stereocenters. The van der Waals surface area contributed by atoms with Gasteiger partial charge < -0.3 is 5.32 Å². The normalized spacial score (nSPS) is 12.8. The molecule has 0 aliphatic rings. The van der Waals surface area contributed by atoms with Crippen LogP contribution in [0.4, 0.5) is 4.39 Å². The Labute approximate surface area is 166 Å². The third kappa shape index (κ3) is 6.73. The Balaban J connectivity index is 1.87. The first kappa shape index (κ1) is 22.0. The second-order valence-corrected chi connectivity index (χ2v) is 9.00. The molecule has 0 radical (unpaired) electrons. The first-order valence-electron chi connectivity index (χ1n) is 9.31. The predicted octanol–water partition coefficient (Wildman–Crippen LogP) is 3.57. The smallest absolute Gasteiger partial charge is 0.240 e. The van der Waals surface area contributed by atoms with Gasteiger partial charge in [0.05, 0.1) is 10.9 Å². The maximum absolute atomic E-state index is 13.0. The lowest BCUT2D eigenvalue weighted by molar-refractivity contribution is -0.121. The Morgan fingerprint density at radius 1 is 1.00 bits per heavy atom. The molecule has 1 amide bonds. The van der Waals surface area contributed by atoms with Crippen molar-refractivity contribution in [2.45, 2.75) is 44.6 Å². The van der Waals surface area contributed by atoms with Crippen molar-refractivity contribution in [2.24, 2.45) is 5.92 Å². The molecule has 0 spiro atoms. The second kappa shape index (κ2) is 9.80. The third-order valence-corrected chi connectivity index (χ3v) is 5.74. The number of sulfonamides is 1. The summed E-state index contributed by atoms with van der Waals surface area (Å²) in [5.41, 5.74) is 1.71. The maximum Gasteiger partial charge on any atom is 0.240 e. The number of carbonyl (C=O) groups is 1. The van der Waals surface area contributed by atoms with Gasteiger partial charge in [0, 0.05) is 13.0 Å². The van der Waals surface area contributed by atoms with Crippen LogP contribution in [-0.2, 0) is 21.2 Å². The summed E-state index contributed by atoms with van der Waals surface area (Å²) in [5.74, 6) is -0.205. The summed E-state index contributed by atoms with van der Waals surface area (Å²) in [5, 5.41) is 2.88. The van der Waals surface area contributed by atoms with E-state index in [4.69, 9.17) is 0 Å². The van der Waals surface area contributed by atoms with Crippen LogP contribution in [0, 0.1) is 11.7 Å². The van der Waals surface area contributed by atoms with Crippen LogP contribution in [-0.4, -0.2) is 20.9 Å². The summed E-state index contributed by atoms with van der Waals surface area (Å²) in [6.07, 6.45) is 0.783. The minimum atomic E-state index is -3.51. The molecule has 0 saturated carbocycles. The molecule has 0 heterocycles. The van der Waals surface area contributed by atoms with Gasteiger partial charge in [-0.2, -0.15) is 0 Å². The van der Waals surface area contributed by atoms with Crippen LogP contribution in [0.25, 0.3) is 0 Å². The van der Waals surface area contributed by atoms with E-state index in [0.29, 0.717) is 13.0 Å². The minimum Gasteiger partial charge on any atom is -0.350 e. The number of halogens is 1. The molecule has 0 saturated heterocycles. The monoisotopic (exact) mass is 406 g/mol. The average molecular weight is 407 g/mol. The van der Waals surface area contributed by atoms with E-state index in [0.717, 1.165) is 11.1 Å². The van der Waals surface area contributed by atoms with Gasteiger partial charge in [-0.15, -0.1) is 0 Å². The summed E-state index contributed by atoms with van der Waals surface area (Å²) in [7, 11) is -3.51. The summed E-state index contributed by atoms with van der Waals surface area (Å²) in [6.45, 7) is 6.10. The van der Waals surface area contributed by atoms with Crippen molar-refractivity contribution in [1.82, 2.24) is 10.0 Å². The van der Waals surface area contributed by atoms with Crippen molar-refractivity contribution in [2.75, 3.05) is 6.54 Å². The van der Waals surface area contributed by atoms with Crippen LogP contribution in [0.5, 0.6) is 0 Å². The molecule has 0 aromatic heterocycles. The van der Waals surface area contributed by atoms with Gasteiger partial charge in [-0.05, 0) is 54.7 Å². The molecular formula is C21H27FN2O3S. The summed E-state index contributed by atoms with van der Waals surface area (Å²) >= 11 is 0. The van der Waals surface area contributed by atoms with Crippen LogP contribution in [0.1, 0.15) is 44.4 Å².